The van der Waals surface area contributed by atoms with Gasteiger partial charge < -0.3 is 19.1 Å². The van der Waals surface area contributed by atoms with Gasteiger partial charge in [0.2, 0.25) is 5.91 Å². The molecule has 0 radical (unpaired) electrons. The van der Waals surface area contributed by atoms with E-state index in [1.807, 2.05) is 31.2 Å². The normalized spacial score (nSPS) is 15.2. The quantitative estimate of drug-likeness (QED) is 0.362. The maximum atomic E-state index is 12.5. The van der Waals surface area contributed by atoms with Crippen LogP contribution in [0.3, 0.4) is 0 Å². The van der Waals surface area contributed by atoms with Crippen LogP contribution in [-0.2, 0) is 14.3 Å². The number of carbonyl (C=O) groups excluding carboxylic acids is 3. The van der Waals surface area contributed by atoms with E-state index in [1.54, 1.807) is 53.4 Å². The Morgan fingerprint density at radius 3 is 2.29 bits per heavy atom. The van der Waals surface area contributed by atoms with Gasteiger partial charge in [0.05, 0.1) is 13.0 Å². The first-order chi connectivity index (χ1) is 16.4. The van der Waals surface area contributed by atoms with Gasteiger partial charge in [-0.2, -0.15) is 0 Å². The van der Waals surface area contributed by atoms with Crippen molar-refractivity contribution in [3.8, 4) is 17.2 Å². The van der Waals surface area contributed by atoms with E-state index in [0.717, 1.165) is 11.3 Å². The first kappa shape index (κ1) is 23.0. The van der Waals surface area contributed by atoms with Gasteiger partial charge in [-0.3, -0.25) is 14.4 Å². The van der Waals surface area contributed by atoms with Crippen molar-refractivity contribution in [1.82, 2.24) is 0 Å². The fourth-order valence-corrected chi connectivity index (χ4v) is 3.69. The molecule has 1 saturated heterocycles. The lowest BCUT2D eigenvalue weighted by molar-refractivity contribution is -0.147. The summed E-state index contributed by atoms with van der Waals surface area (Å²) in [7, 11) is 1.51. The molecule has 4 rings (SSSR count). The van der Waals surface area contributed by atoms with Gasteiger partial charge >= 0.3 is 5.97 Å². The average molecular weight is 459 g/mol. The summed E-state index contributed by atoms with van der Waals surface area (Å²) in [5.41, 5.74) is 2.21. The predicted molar refractivity (Wildman–Crippen MR) is 126 cm³/mol. The lowest BCUT2D eigenvalue weighted by atomic mass is 10.1. The molecule has 34 heavy (non-hydrogen) atoms. The molecular weight excluding hydrogens is 434 g/mol. The van der Waals surface area contributed by atoms with Crippen LogP contribution >= 0.6 is 0 Å². The summed E-state index contributed by atoms with van der Waals surface area (Å²) in [6.45, 7) is 1.82. The van der Waals surface area contributed by atoms with Crippen molar-refractivity contribution in [3.05, 3.63) is 83.9 Å². The molecule has 0 unspecified atom stereocenters. The van der Waals surface area contributed by atoms with Crippen LogP contribution in [0.15, 0.2) is 72.8 Å². The molecule has 1 fully saturated rings. The molecular formula is C27H25NO6. The molecule has 3 aromatic carbocycles. The minimum Gasteiger partial charge on any atom is -0.497 e. The van der Waals surface area contributed by atoms with E-state index >= 15 is 0 Å². The summed E-state index contributed by atoms with van der Waals surface area (Å²) in [4.78, 5) is 38.9. The molecule has 1 amide bonds. The summed E-state index contributed by atoms with van der Waals surface area (Å²) >= 11 is 0. The Bertz CT molecular complexity index is 1190. The molecule has 1 aliphatic rings. The number of hydrogen-bond donors (Lipinski definition) is 0. The third kappa shape index (κ3) is 5.43. The Morgan fingerprint density at radius 2 is 1.62 bits per heavy atom. The number of carbonyl (C=O) groups is 3. The van der Waals surface area contributed by atoms with Crippen LogP contribution in [0.4, 0.5) is 5.69 Å². The van der Waals surface area contributed by atoms with Gasteiger partial charge in [-0.15, -0.1) is 0 Å². The molecule has 7 heteroatoms. The number of Topliss-reactive ketones (excluding diaryl/α,β-unsaturated/α-hetero) is 1. The highest BCUT2D eigenvalue weighted by molar-refractivity contribution is 6.01. The second-order valence-corrected chi connectivity index (χ2v) is 8.08. The highest BCUT2D eigenvalue weighted by atomic mass is 16.5. The number of nitrogens with zero attached hydrogens (tertiary/aromatic N) is 1. The van der Waals surface area contributed by atoms with Crippen molar-refractivity contribution in [2.24, 2.45) is 5.92 Å². The van der Waals surface area contributed by atoms with Gasteiger partial charge in [0, 0.05) is 24.2 Å². The lowest BCUT2D eigenvalue weighted by Gasteiger charge is -2.17. The lowest BCUT2D eigenvalue weighted by Crippen LogP contribution is -2.27. The Balaban J connectivity index is 1.32. The molecule has 174 valence electrons. The van der Waals surface area contributed by atoms with Crippen molar-refractivity contribution in [2.45, 2.75) is 13.3 Å². The summed E-state index contributed by atoms with van der Waals surface area (Å²) in [6, 6.07) is 21.5. The number of methoxy groups -OCH3 is 1. The van der Waals surface area contributed by atoms with E-state index in [-0.39, 0.29) is 31.3 Å². The van der Waals surface area contributed by atoms with Gasteiger partial charge in [0.1, 0.15) is 17.2 Å². The number of anilines is 1. The molecule has 1 aliphatic heterocycles. The molecule has 0 aliphatic carbocycles. The molecule has 0 bridgehead atoms. The standard InChI is InChI=1S/C27H25NO6/c1-18-6-10-22(11-7-18)34-23-12-8-21(9-13-23)28-16-20(15-26(28)30)27(31)33-17-25(29)19-4-3-5-24(14-19)32-2/h3-14,20H,15-17H2,1-2H3/t20-/m0/s1. The molecule has 0 N–H and O–H groups in total. The van der Waals surface area contributed by atoms with Crippen LogP contribution in [0.25, 0.3) is 0 Å². The number of ether oxygens (including phenoxy) is 3. The van der Waals surface area contributed by atoms with Crippen LogP contribution in [0, 0.1) is 12.8 Å². The van der Waals surface area contributed by atoms with E-state index in [1.165, 1.54) is 7.11 Å². The van der Waals surface area contributed by atoms with Crippen molar-refractivity contribution >= 4 is 23.3 Å². The molecule has 1 heterocycles. The molecule has 7 nitrogen and oxygen atoms in total. The van der Waals surface area contributed by atoms with E-state index in [2.05, 4.69) is 0 Å². The second-order valence-electron chi connectivity index (χ2n) is 8.08. The fraction of sp³-hybridized carbons (Fsp3) is 0.222. The maximum Gasteiger partial charge on any atom is 0.311 e. The summed E-state index contributed by atoms with van der Waals surface area (Å²) in [5, 5.41) is 0. The fourth-order valence-electron chi connectivity index (χ4n) is 3.69. The van der Waals surface area contributed by atoms with Crippen molar-refractivity contribution in [3.63, 3.8) is 0 Å². The molecule has 0 saturated carbocycles. The Morgan fingerprint density at radius 1 is 0.941 bits per heavy atom. The highest BCUT2D eigenvalue weighted by Crippen LogP contribution is 2.29. The molecule has 0 aromatic heterocycles. The van der Waals surface area contributed by atoms with Crippen LogP contribution < -0.4 is 14.4 Å². The molecule has 1 atom stereocenters. The third-order valence-corrected chi connectivity index (χ3v) is 5.60. The Labute approximate surface area is 197 Å². The predicted octanol–water partition coefficient (Wildman–Crippen LogP) is 4.57. The minimum absolute atomic E-state index is 0.0355. The topological polar surface area (TPSA) is 82.1 Å². The van der Waals surface area contributed by atoms with E-state index in [4.69, 9.17) is 14.2 Å². The van der Waals surface area contributed by atoms with E-state index < -0.39 is 11.9 Å². The number of hydrogen-bond acceptors (Lipinski definition) is 6. The van der Waals surface area contributed by atoms with Gasteiger partial charge in [0.15, 0.2) is 12.4 Å². The smallest absolute Gasteiger partial charge is 0.311 e. The van der Waals surface area contributed by atoms with Gasteiger partial charge in [-0.25, -0.2) is 0 Å². The zero-order valence-corrected chi connectivity index (χ0v) is 19.0. The highest BCUT2D eigenvalue weighted by Gasteiger charge is 2.36. The Hall–Kier alpha value is -4.13. The van der Waals surface area contributed by atoms with E-state index in [0.29, 0.717) is 22.7 Å². The van der Waals surface area contributed by atoms with Crippen LogP contribution in [0.1, 0.15) is 22.3 Å². The van der Waals surface area contributed by atoms with E-state index in [9.17, 15) is 14.4 Å². The van der Waals surface area contributed by atoms with Gasteiger partial charge in [-0.1, -0.05) is 29.8 Å². The zero-order valence-electron chi connectivity index (χ0n) is 19.0. The van der Waals surface area contributed by atoms with Crippen LogP contribution in [-0.4, -0.2) is 37.9 Å². The summed E-state index contributed by atoms with van der Waals surface area (Å²) in [5.74, 6) is 0.212. The number of amides is 1. The first-order valence-electron chi connectivity index (χ1n) is 10.9. The number of esters is 1. The van der Waals surface area contributed by atoms with Gasteiger partial charge in [-0.05, 0) is 55.5 Å². The summed E-state index contributed by atoms with van der Waals surface area (Å²) in [6.07, 6.45) is 0.0355. The van der Waals surface area contributed by atoms with Crippen molar-refractivity contribution in [2.75, 3.05) is 25.2 Å². The maximum absolute atomic E-state index is 12.5. The van der Waals surface area contributed by atoms with Crippen LogP contribution in [0.2, 0.25) is 0 Å². The third-order valence-electron chi connectivity index (χ3n) is 5.60. The van der Waals surface area contributed by atoms with Gasteiger partial charge in [0.25, 0.3) is 0 Å². The van der Waals surface area contributed by atoms with Crippen LogP contribution in [0.5, 0.6) is 17.2 Å². The first-order valence-corrected chi connectivity index (χ1v) is 10.9. The average Bonchev–Trinajstić information content (AvgIpc) is 3.26. The minimum atomic E-state index is -0.630. The largest absolute Gasteiger partial charge is 0.497 e. The SMILES string of the molecule is COc1cccc(C(=O)COC(=O)[C@H]2CC(=O)N(c3ccc(Oc4ccc(C)cc4)cc3)C2)c1. The van der Waals surface area contributed by atoms with Crippen molar-refractivity contribution < 1.29 is 28.6 Å². The summed E-state index contributed by atoms with van der Waals surface area (Å²) < 4.78 is 16.1. The zero-order chi connectivity index (χ0) is 24.1. The monoisotopic (exact) mass is 459 g/mol. The number of rotatable bonds is 8. The molecule has 3 aromatic rings. The second kappa shape index (κ2) is 10.2. The Kier molecular flexibility index (Phi) is 6.92. The number of benzene rings is 3. The molecule has 0 spiro atoms. The number of ketones is 1. The number of aryl methyl sites for hydroxylation is 1. The van der Waals surface area contributed by atoms with Crippen molar-refractivity contribution in [1.29, 1.82) is 0 Å².